The highest BCUT2D eigenvalue weighted by Crippen LogP contribution is 2.23. The highest BCUT2D eigenvalue weighted by atomic mass is 35.5. The molecule has 0 heterocycles. The molecule has 1 atom stereocenters. The smallest absolute Gasteiger partial charge is 0.302 e. The molecule has 0 aliphatic carbocycles. The first-order valence-electron chi connectivity index (χ1n) is 3.54. The Hall–Kier alpha value is -0.780. The van der Waals surface area contributed by atoms with Gasteiger partial charge in [0, 0.05) is 0 Å². The van der Waals surface area contributed by atoms with Crippen LogP contribution in [0.1, 0.15) is 11.8 Å². The third-order valence-corrected chi connectivity index (χ3v) is 1.39. The topological polar surface area (TPSA) is 35.2 Å². The van der Waals surface area contributed by atoms with Crippen molar-refractivity contribution in [2.24, 2.45) is 5.73 Å². The number of nitrogens with two attached hydrogens (primary N) is 1. The van der Waals surface area contributed by atoms with Gasteiger partial charge in [0.15, 0.2) is 0 Å². The maximum Gasteiger partial charge on any atom is 0.524 e. The Morgan fingerprint density at radius 3 is 2.07 bits per heavy atom. The average molecular weight is 228 g/mol. The van der Waals surface area contributed by atoms with Crippen molar-refractivity contribution in [3.05, 3.63) is 35.9 Å². The Morgan fingerprint density at radius 1 is 1.14 bits per heavy atom. The molecule has 0 fully saturated rings. The van der Waals surface area contributed by atoms with E-state index in [1.165, 1.54) is 12.1 Å². The second kappa shape index (κ2) is 5.19. The minimum Gasteiger partial charge on any atom is -0.302 e. The first-order chi connectivity index (χ1) is 5.99. The van der Waals surface area contributed by atoms with E-state index in [4.69, 9.17) is 5.73 Å². The van der Waals surface area contributed by atoms with Crippen molar-refractivity contribution < 1.29 is 17.9 Å². The molecule has 2 nitrogen and oxygen atoms in total. The van der Waals surface area contributed by atoms with Crippen LogP contribution >= 0.6 is 12.4 Å². The summed E-state index contributed by atoms with van der Waals surface area (Å²) in [6, 6.07) is 7.81. The van der Waals surface area contributed by atoms with Gasteiger partial charge in [0.2, 0.25) is 0 Å². The molecule has 80 valence electrons. The van der Waals surface area contributed by atoms with Crippen LogP contribution in [-0.2, 0) is 4.74 Å². The highest BCUT2D eigenvalue weighted by molar-refractivity contribution is 5.85. The lowest BCUT2D eigenvalue weighted by molar-refractivity contribution is -0.344. The van der Waals surface area contributed by atoms with Crippen LogP contribution < -0.4 is 5.73 Å². The summed E-state index contributed by atoms with van der Waals surface area (Å²) in [5.74, 6) is 0. The molecule has 0 aliphatic heterocycles. The molecule has 2 N–H and O–H groups in total. The zero-order valence-corrected chi connectivity index (χ0v) is 7.81. The normalized spacial score (nSPS) is 13.1. The predicted molar refractivity (Wildman–Crippen MR) is 47.8 cm³/mol. The molecule has 1 aromatic rings. The van der Waals surface area contributed by atoms with E-state index >= 15 is 0 Å². The van der Waals surface area contributed by atoms with Gasteiger partial charge in [-0.2, -0.15) is 0 Å². The highest BCUT2D eigenvalue weighted by Gasteiger charge is 2.32. The van der Waals surface area contributed by atoms with Crippen molar-refractivity contribution >= 4 is 12.4 Å². The Kier molecular flexibility index (Phi) is 4.90. The summed E-state index contributed by atoms with van der Waals surface area (Å²) in [5.41, 5.74) is 5.43. The van der Waals surface area contributed by atoms with Gasteiger partial charge in [-0.05, 0) is 5.56 Å². The Morgan fingerprint density at radius 2 is 1.64 bits per heavy atom. The molecular formula is C8H9ClF3NO. The SMILES string of the molecule is Cl.NC(OC(F)(F)F)c1ccccc1. The zero-order valence-electron chi connectivity index (χ0n) is 6.99. The fourth-order valence-corrected chi connectivity index (χ4v) is 0.855. The van der Waals surface area contributed by atoms with Crippen LogP contribution in [0.25, 0.3) is 0 Å². The Balaban J connectivity index is 0.00000169. The summed E-state index contributed by atoms with van der Waals surface area (Å²) in [6.07, 6.45) is -6.16. The zero-order chi connectivity index (χ0) is 9.90. The molecule has 0 aliphatic rings. The second-order valence-electron chi connectivity index (χ2n) is 2.39. The van der Waals surface area contributed by atoms with Gasteiger partial charge in [0.1, 0.15) is 6.23 Å². The summed E-state index contributed by atoms with van der Waals surface area (Å²) in [4.78, 5) is 0. The van der Waals surface area contributed by atoms with Gasteiger partial charge in [-0.15, -0.1) is 25.6 Å². The number of hydrogen-bond acceptors (Lipinski definition) is 2. The predicted octanol–water partition coefficient (Wildman–Crippen LogP) is 2.60. The van der Waals surface area contributed by atoms with Crippen molar-refractivity contribution in [1.82, 2.24) is 0 Å². The lowest BCUT2D eigenvalue weighted by Crippen LogP contribution is -2.23. The molecule has 0 aromatic heterocycles. The number of halogens is 4. The van der Waals surface area contributed by atoms with Crippen LogP contribution in [0.2, 0.25) is 0 Å². The van der Waals surface area contributed by atoms with Crippen LogP contribution in [-0.4, -0.2) is 6.36 Å². The number of hydrogen-bond donors (Lipinski definition) is 1. The lowest BCUT2D eigenvalue weighted by Gasteiger charge is -2.14. The molecule has 1 unspecified atom stereocenters. The van der Waals surface area contributed by atoms with E-state index in [1.54, 1.807) is 18.2 Å². The molecule has 0 amide bonds. The number of alkyl halides is 3. The monoisotopic (exact) mass is 227 g/mol. The van der Waals surface area contributed by atoms with Crippen LogP contribution in [0.5, 0.6) is 0 Å². The van der Waals surface area contributed by atoms with Crippen molar-refractivity contribution in [3.63, 3.8) is 0 Å². The molecule has 14 heavy (non-hydrogen) atoms. The summed E-state index contributed by atoms with van der Waals surface area (Å²) in [6.45, 7) is 0. The third-order valence-electron chi connectivity index (χ3n) is 1.39. The van der Waals surface area contributed by atoms with Crippen LogP contribution in [0.3, 0.4) is 0 Å². The Labute approximate surface area is 85.3 Å². The van der Waals surface area contributed by atoms with Gasteiger partial charge in [0.05, 0.1) is 0 Å². The largest absolute Gasteiger partial charge is 0.524 e. The quantitative estimate of drug-likeness (QED) is 0.789. The fraction of sp³-hybridized carbons (Fsp3) is 0.250. The first kappa shape index (κ1) is 13.2. The Bertz CT molecular complexity index is 265. The van der Waals surface area contributed by atoms with Crippen molar-refractivity contribution in [2.75, 3.05) is 0 Å². The van der Waals surface area contributed by atoms with E-state index in [2.05, 4.69) is 4.74 Å². The fourth-order valence-electron chi connectivity index (χ4n) is 0.855. The van der Waals surface area contributed by atoms with E-state index in [-0.39, 0.29) is 12.4 Å². The van der Waals surface area contributed by atoms with E-state index in [0.717, 1.165) is 0 Å². The molecule has 6 heteroatoms. The molecular weight excluding hydrogens is 219 g/mol. The summed E-state index contributed by atoms with van der Waals surface area (Å²) >= 11 is 0. The van der Waals surface area contributed by atoms with Gasteiger partial charge >= 0.3 is 6.36 Å². The van der Waals surface area contributed by atoms with Crippen LogP contribution in [0.15, 0.2) is 30.3 Å². The third kappa shape index (κ3) is 4.45. The first-order valence-corrected chi connectivity index (χ1v) is 3.54. The van der Waals surface area contributed by atoms with Crippen molar-refractivity contribution in [2.45, 2.75) is 12.6 Å². The number of rotatable bonds is 2. The van der Waals surface area contributed by atoms with E-state index in [9.17, 15) is 13.2 Å². The molecule has 0 spiro atoms. The van der Waals surface area contributed by atoms with Crippen molar-refractivity contribution in [3.8, 4) is 0 Å². The minimum absolute atomic E-state index is 0. The van der Waals surface area contributed by atoms with Gasteiger partial charge < -0.3 is 5.73 Å². The molecule has 0 radical (unpaired) electrons. The minimum atomic E-state index is -4.70. The van der Waals surface area contributed by atoms with Crippen LogP contribution in [0, 0.1) is 0 Å². The summed E-state index contributed by atoms with van der Waals surface area (Å²) in [7, 11) is 0. The van der Waals surface area contributed by atoms with Gasteiger partial charge in [0.25, 0.3) is 0 Å². The van der Waals surface area contributed by atoms with E-state index in [0.29, 0.717) is 5.56 Å². The summed E-state index contributed by atoms with van der Waals surface area (Å²) in [5, 5.41) is 0. The standard InChI is InChI=1S/C8H8F3NO.ClH/c9-8(10,11)13-7(12)6-4-2-1-3-5-6;/h1-5,7H,12H2;1H. The van der Waals surface area contributed by atoms with Gasteiger partial charge in [-0.3, -0.25) is 4.74 Å². The maximum absolute atomic E-state index is 11.7. The van der Waals surface area contributed by atoms with Crippen molar-refractivity contribution in [1.29, 1.82) is 0 Å². The van der Waals surface area contributed by atoms with Gasteiger partial charge in [-0.25, -0.2) is 0 Å². The molecule has 1 rings (SSSR count). The molecule has 0 bridgehead atoms. The second-order valence-corrected chi connectivity index (χ2v) is 2.39. The number of benzene rings is 1. The molecule has 0 saturated carbocycles. The maximum atomic E-state index is 11.7. The molecule has 0 saturated heterocycles. The van der Waals surface area contributed by atoms with Gasteiger partial charge in [-0.1, -0.05) is 30.3 Å². The van der Waals surface area contributed by atoms with Crippen LogP contribution in [0.4, 0.5) is 13.2 Å². The molecule has 1 aromatic carbocycles. The summed E-state index contributed by atoms with van der Waals surface area (Å²) < 4.78 is 38.7. The van der Waals surface area contributed by atoms with E-state index in [1.807, 2.05) is 0 Å². The number of ether oxygens (including phenoxy) is 1. The average Bonchev–Trinajstić information content (AvgIpc) is 2.03. The lowest BCUT2D eigenvalue weighted by atomic mass is 10.2. The van der Waals surface area contributed by atoms with E-state index < -0.39 is 12.6 Å².